The molecular weight excluding hydrogens is 392 g/mol. The minimum absolute atomic E-state index is 0.0503. The summed E-state index contributed by atoms with van der Waals surface area (Å²) in [7, 11) is 1.53. The number of aryl methyl sites for hydroxylation is 1. The van der Waals surface area contributed by atoms with Gasteiger partial charge in [-0.15, -0.1) is 0 Å². The number of amides is 1. The van der Waals surface area contributed by atoms with Gasteiger partial charge in [-0.2, -0.15) is 5.26 Å². The number of rotatable bonds is 4. The van der Waals surface area contributed by atoms with Crippen LogP contribution >= 0.6 is 27.5 Å². The molecule has 0 aliphatic heterocycles. The summed E-state index contributed by atoms with van der Waals surface area (Å²) in [5, 5.41) is 12.4. The van der Waals surface area contributed by atoms with Crippen molar-refractivity contribution in [3.05, 3.63) is 62.6 Å². The standard InChI is InChI=1S/C18H14BrClN2O2/c1-11-4-3-5-15(20)17(11)22-18(23)13(10-21)8-12-9-14(19)6-7-16(12)24-2/h3-9H,1-2H3,(H,22,23)/b13-8+. The first kappa shape index (κ1) is 18.1. The lowest BCUT2D eigenvalue weighted by Gasteiger charge is -2.10. The monoisotopic (exact) mass is 404 g/mol. The molecule has 122 valence electrons. The molecule has 0 atom stereocenters. The van der Waals surface area contributed by atoms with Crippen LogP contribution < -0.4 is 10.1 Å². The highest BCUT2D eigenvalue weighted by Crippen LogP contribution is 2.27. The predicted molar refractivity (Wildman–Crippen MR) is 99.1 cm³/mol. The first-order valence-electron chi connectivity index (χ1n) is 6.98. The van der Waals surface area contributed by atoms with Gasteiger partial charge in [-0.3, -0.25) is 4.79 Å². The Kier molecular flexibility index (Phi) is 6.02. The number of methoxy groups -OCH3 is 1. The zero-order valence-corrected chi connectivity index (χ0v) is 15.4. The second-order valence-electron chi connectivity index (χ2n) is 4.94. The lowest BCUT2D eigenvalue weighted by Crippen LogP contribution is -2.14. The Morgan fingerprint density at radius 2 is 2.12 bits per heavy atom. The van der Waals surface area contributed by atoms with E-state index < -0.39 is 5.91 Å². The van der Waals surface area contributed by atoms with Crippen molar-refractivity contribution in [1.29, 1.82) is 5.26 Å². The summed E-state index contributed by atoms with van der Waals surface area (Å²) in [4.78, 5) is 12.4. The van der Waals surface area contributed by atoms with Crippen LogP contribution in [0.15, 0.2) is 46.4 Å². The Morgan fingerprint density at radius 1 is 1.38 bits per heavy atom. The lowest BCUT2D eigenvalue weighted by atomic mass is 10.1. The normalized spacial score (nSPS) is 10.9. The van der Waals surface area contributed by atoms with Crippen molar-refractivity contribution >= 4 is 45.2 Å². The molecule has 0 heterocycles. The third-order valence-corrected chi connectivity index (χ3v) is 4.13. The van der Waals surface area contributed by atoms with Crippen LogP contribution in [-0.4, -0.2) is 13.0 Å². The van der Waals surface area contributed by atoms with E-state index in [2.05, 4.69) is 21.2 Å². The SMILES string of the molecule is COc1ccc(Br)cc1/C=C(\C#N)C(=O)Nc1c(C)cccc1Cl. The number of benzene rings is 2. The smallest absolute Gasteiger partial charge is 0.266 e. The van der Waals surface area contributed by atoms with Gasteiger partial charge in [-0.1, -0.05) is 39.7 Å². The van der Waals surface area contributed by atoms with Crippen molar-refractivity contribution in [2.24, 2.45) is 0 Å². The Hall–Kier alpha value is -2.29. The number of ether oxygens (including phenoxy) is 1. The topological polar surface area (TPSA) is 62.1 Å². The summed E-state index contributed by atoms with van der Waals surface area (Å²) in [5.41, 5.74) is 1.87. The quantitative estimate of drug-likeness (QED) is 0.577. The van der Waals surface area contributed by atoms with Gasteiger partial charge in [0.2, 0.25) is 0 Å². The number of hydrogen-bond donors (Lipinski definition) is 1. The summed E-state index contributed by atoms with van der Waals surface area (Å²) < 4.78 is 6.07. The van der Waals surface area contributed by atoms with Gasteiger partial charge >= 0.3 is 0 Å². The molecule has 2 rings (SSSR count). The Balaban J connectivity index is 2.37. The van der Waals surface area contributed by atoms with E-state index in [9.17, 15) is 10.1 Å². The molecular formula is C18H14BrClN2O2. The third-order valence-electron chi connectivity index (χ3n) is 3.32. The van der Waals surface area contributed by atoms with Gasteiger partial charge < -0.3 is 10.1 Å². The summed E-state index contributed by atoms with van der Waals surface area (Å²) in [6.07, 6.45) is 1.48. The van der Waals surface area contributed by atoms with Crippen molar-refractivity contribution < 1.29 is 9.53 Å². The lowest BCUT2D eigenvalue weighted by molar-refractivity contribution is -0.112. The molecule has 1 N–H and O–H groups in total. The fourth-order valence-electron chi connectivity index (χ4n) is 2.09. The van der Waals surface area contributed by atoms with Crippen LogP contribution in [0.1, 0.15) is 11.1 Å². The highest BCUT2D eigenvalue weighted by molar-refractivity contribution is 9.10. The summed E-state index contributed by atoms with van der Waals surface area (Å²) >= 11 is 9.47. The van der Waals surface area contributed by atoms with Crippen LogP contribution in [0.4, 0.5) is 5.69 Å². The van der Waals surface area contributed by atoms with E-state index >= 15 is 0 Å². The summed E-state index contributed by atoms with van der Waals surface area (Å²) in [6.45, 7) is 1.83. The fraction of sp³-hybridized carbons (Fsp3) is 0.111. The van der Waals surface area contributed by atoms with Crippen LogP contribution in [0, 0.1) is 18.3 Å². The van der Waals surface area contributed by atoms with E-state index in [0.29, 0.717) is 22.0 Å². The van der Waals surface area contributed by atoms with Gasteiger partial charge in [0.15, 0.2) is 0 Å². The molecule has 1 amide bonds. The Bertz CT molecular complexity index is 836. The highest BCUT2D eigenvalue weighted by Gasteiger charge is 2.14. The molecule has 0 unspecified atom stereocenters. The van der Waals surface area contributed by atoms with Crippen LogP contribution in [0.3, 0.4) is 0 Å². The van der Waals surface area contributed by atoms with Crippen LogP contribution in [-0.2, 0) is 4.79 Å². The average Bonchev–Trinajstić information content (AvgIpc) is 2.56. The Morgan fingerprint density at radius 3 is 2.75 bits per heavy atom. The fourth-order valence-corrected chi connectivity index (χ4v) is 2.74. The van der Waals surface area contributed by atoms with Gasteiger partial charge in [0.25, 0.3) is 5.91 Å². The number of nitrogens with one attached hydrogen (secondary N) is 1. The van der Waals surface area contributed by atoms with Gasteiger partial charge in [0, 0.05) is 10.0 Å². The third kappa shape index (κ3) is 4.16. The van der Waals surface area contributed by atoms with Gasteiger partial charge in [0.1, 0.15) is 17.4 Å². The van der Waals surface area contributed by atoms with Gasteiger partial charge in [0.05, 0.1) is 17.8 Å². The molecule has 0 aliphatic rings. The minimum Gasteiger partial charge on any atom is -0.496 e. The molecule has 0 spiro atoms. The average molecular weight is 406 g/mol. The van der Waals surface area contributed by atoms with E-state index in [1.807, 2.05) is 25.1 Å². The number of carbonyl (C=O) groups is 1. The van der Waals surface area contributed by atoms with Crippen molar-refractivity contribution in [2.45, 2.75) is 6.92 Å². The summed E-state index contributed by atoms with van der Waals surface area (Å²) in [5.74, 6) is 0.0309. The number of hydrogen-bond acceptors (Lipinski definition) is 3. The van der Waals surface area contributed by atoms with Crippen LogP contribution in [0.5, 0.6) is 5.75 Å². The van der Waals surface area contributed by atoms with Crippen molar-refractivity contribution in [3.63, 3.8) is 0 Å². The molecule has 4 nitrogen and oxygen atoms in total. The van der Waals surface area contributed by atoms with E-state index in [1.54, 1.807) is 24.3 Å². The number of nitriles is 1. The number of anilines is 1. The van der Waals surface area contributed by atoms with Crippen molar-refractivity contribution in [1.82, 2.24) is 0 Å². The largest absolute Gasteiger partial charge is 0.496 e. The molecule has 6 heteroatoms. The van der Waals surface area contributed by atoms with Crippen molar-refractivity contribution in [3.8, 4) is 11.8 Å². The molecule has 0 saturated carbocycles. The number of nitrogens with zero attached hydrogens (tertiary/aromatic N) is 1. The molecule has 0 radical (unpaired) electrons. The zero-order valence-electron chi connectivity index (χ0n) is 13.1. The number of halogens is 2. The minimum atomic E-state index is -0.532. The highest BCUT2D eigenvalue weighted by atomic mass is 79.9. The maximum Gasteiger partial charge on any atom is 0.266 e. The second kappa shape index (κ2) is 8.00. The van der Waals surface area contributed by atoms with E-state index in [0.717, 1.165) is 10.0 Å². The van der Waals surface area contributed by atoms with Crippen molar-refractivity contribution in [2.75, 3.05) is 12.4 Å². The second-order valence-corrected chi connectivity index (χ2v) is 6.26. The van der Waals surface area contributed by atoms with E-state index in [1.165, 1.54) is 13.2 Å². The molecule has 2 aromatic rings. The molecule has 0 saturated heterocycles. The zero-order chi connectivity index (χ0) is 17.7. The van der Waals surface area contributed by atoms with Gasteiger partial charge in [-0.25, -0.2) is 0 Å². The van der Waals surface area contributed by atoms with Crippen LogP contribution in [0.25, 0.3) is 6.08 Å². The first-order chi connectivity index (χ1) is 11.5. The molecule has 24 heavy (non-hydrogen) atoms. The number of carbonyl (C=O) groups excluding carboxylic acids is 1. The molecule has 0 aromatic heterocycles. The van der Waals surface area contributed by atoms with Gasteiger partial charge in [-0.05, 0) is 42.8 Å². The molecule has 2 aromatic carbocycles. The molecule has 0 bridgehead atoms. The van der Waals surface area contributed by atoms with Crippen LogP contribution in [0.2, 0.25) is 5.02 Å². The Labute approximate surface area is 153 Å². The maximum atomic E-state index is 12.4. The van der Waals surface area contributed by atoms with E-state index in [4.69, 9.17) is 16.3 Å². The first-order valence-corrected chi connectivity index (χ1v) is 8.15. The maximum absolute atomic E-state index is 12.4. The molecule has 0 fully saturated rings. The predicted octanol–water partition coefficient (Wildman–Crippen LogP) is 4.97. The molecule has 0 aliphatic carbocycles. The van der Waals surface area contributed by atoms with E-state index in [-0.39, 0.29) is 5.57 Å². The number of para-hydroxylation sites is 1. The summed E-state index contributed by atoms with van der Waals surface area (Å²) in [6, 6.07) is 12.5.